The minimum absolute atomic E-state index is 0.171. The third kappa shape index (κ3) is 2.35. The van der Waals surface area contributed by atoms with Gasteiger partial charge in [0.2, 0.25) is 5.28 Å². The van der Waals surface area contributed by atoms with Crippen molar-refractivity contribution < 1.29 is 0 Å². The predicted molar refractivity (Wildman–Crippen MR) is 73.1 cm³/mol. The highest BCUT2D eigenvalue weighted by Gasteiger charge is 2.18. The minimum atomic E-state index is 0.171. The second-order valence-corrected chi connectivity index (χ2v) is 4.90. The van der Waals surface area contributed by atoms with Gasteiger partial charge in [0.15, 0.2) is 0 Å². The summed E-state index contributed by atoms with van der Waals surface area (Å²) >= 11 is 5.91. The molecule has 2 aromatic heterocycles. The van der Waals surface area contributed by atoms with Gasteiger partial charge in [-0.15, -0.1) is 0 Å². The van der Waals surface area contributed by atoms with Crippen LogP contribution in [0.3, 0.4) is 0 Å². The van der Waals surface area contributed by atoms with E-state index in [1.165, 1.54) is 0 Å². The van der Waals surface area contributed by atoms with E-state index in [2.05, 4.69) is 31.7 Å². The Balaban J connectivity index is 2.01. The number of H-pyrrole nitrogens is 1. The number of aromatic amines is 1. The van der Waals surface area contributed by atoms with Crippen LogP contribution < -0.4 is 10.6 Å². The SMILES string of the molecule is N#Cc1c[nH]c2nc(Cl)nc(NC3CCCNC3)c12. The van der Waals surface area contributed by atoms with Crippen LogP contribution in [0.1, 0.15) is 18.4 Å². The van der Waals surface area contributed by atoms with Crippen molar-refractivity contribution in [3.05, 3.63) is 17.0 Å². The van der Waals surface area contributed by atoms with Crippen LogP contribution >= 0.6 is 11.6 Å². The summed E-state index contributed by atoms with van der Waals surface area (Å²) in [6, 6.07) is 2.43. The molecule has 1 saturated heterocycles. The normalized spacial score (nSPS) is 19.3. The topological polar surface area (TPSA) is 89.4 Å². The lowest BCUT2D eigenvalue weighted by Crippen LogP contribution is -2.38. The first-order valence-electron chi connectivity index (χ1n) is 6.20. The Morgan fingerprint density at radius 1 is 1.47 bits per heavy atom. The smallest absolute Gasteiger partial charge is 0.226 e. The molecular weight excluding hydrogens is 264 g/mol. The zero-order valence-corrected chi connectivity index (χ0v) is 11.0. The quantitative estimate of drug-likeness (QED) is 0.726. The molecule has 0 amide bonds. The average Bonchev–Trinajstić information content (AvgIpc) is 2.82. The second-order valence-electron chi connectivity index (χ2n) is 4.57. The first-order chi connectivity index (χ1) is 9.28. The number of nitrogens with one attached hydrogen (secondary N) is 3. The van der Waals surface area contributed by atoms with Gasteiger partial charge >= 0.3 is 0 Å². The molecule has 6 nitrogen and oxygen atoms in total. The highest BCUT2D eigenvalue weighted by molar-refractivity contribution is 6.28. The Kier molecular flexibility index (Phi) is 3.23. The Bertz CT molecular complexity index is 637. The molecule has 0 aromatic carbocycles. The van der Waals surface area contributed by atoms with Crippen LogP contribution in [-0.4, -0.2) is 34.1 Å². The maximum absolute atomic E-state index is 9.13. The third-order valence-electron chi connectivity index (χ3n) is 3.26. The fourth-order valence-corrected chi connectivity index (χ4v) is 2.54. The summed E-state index contributed by atoms with van der Waals surface area (Å²) in [5.74, 6) is 0.626. The van der Waals surface area contributed by atoms with Crippen LogP contribution in [0.5, 0.6) is 0 Å². The first-order valence-corrected chi connectivity index (χ1v) is 6.57. The zero-order valence-electron chi connectivity index (χ0n) is 10.2. The van der Waals surface area contributed by atoms with Crippen LogP contribution in [0.2, 0.25) is 5.28 Å². The number of nitrogens with zero attached hydrogens (tertiary/aromatic N) is 3. The molecular formula is C12H13ClN6. The van der Waals surface area contributed by atoms with Crippen molar-refractivity contribution in [2.45, 2.75) is 18.9 Å². The molecule has 0 aliphatic carbocycles. The number of aromatic nitrogens is 3. The molecule has 1 unspecified atom stereocenters. The molecule has 1 aliphatic heterocycles. The monoisotopic (exact) mass is 276 g/mol. The molecule has 3 rings (SSSR count). The van der Waals surface area contributed by atoms with Crippen molar-refractivity contribution >= 4 is 28.5 Å². The minimum Gasteiger partial charge on any atom is -0.365 e. The summed E-state index contributed by atoms with van der Waals surface area (Å²) in [5, 5.41) is 16.7. The summed E-state index contributed by atoms with van der Waals surface area (Å²) in [6.07, 6.45) is 3.82. The molecule has 1 atom stereocenters. The highest BCUT2D eigenvalue weighted by atomic mass is 35.5. The lowest BCUT2D eigenvalue weighted by atomic mass is 10.1. The molecule has 7 heteroatoms. The Morgan fingerprint density at radius 2 is 2.37 bits per heavy atom. The Hall–Kier alpha value is -1.84. The number of nitriles is 1. The van der Waals surface area contributed by atoms with Crippen molar-refractivity contribution in [2.24, 2.45) is 0 Å². The summed E-state index contributed by atoms with van der Waals surface area (Å²) < 4.78 is 0. The van der Waals surface area contributed by atoms with E-state index in [0.717, 1.165) is 25.9 Å². The van der Waals surface area contributed by atoms with E-state index in [1.807, 2.05) is 0 Å². The van der Waals surface area contributed by atoms with Gasteiger partial charge in [-0.3, -0.25) is 0 Å². The molecule has 98 valence electrons. The Labute approximate surface area is 115 Å². The maximum Gasteiger partial charge on any atom is 0.226 e. The number of fused-ring (bicyclic) bond motifs is 1. The van der Waals surface area contributed by atoms with Crippen molar-refractivity contribution in [3.8, 4) is 6.07 Å². The number of hydrogen-bond donors (Lipinski definition) is 3. The number of piperidine rings is 1. The first kappa shape index (κ1) is 12.2. The van der Waals surface area contributed by atoms with Crippen LogP contribution in [-0.2, 0) is 0 Å². The van der Waals surface area contributed by atoms with Gasteiger partial charge in [-0.2, -0.15) is 15.2 Å². The van der Waals surface area contributed by atoms with Crippen LogP contribution in [0.4, 0.5) is 5.82 Å². The van der Waals surface area contributed by atoms with E-state index in [0.29, 0.717) is 28.5 Å². The van der Waals surface area contributed by atoms with Gasteiger partial charge < -0.3 is 15.6 Å². The van der Waals surface area contributed by atoms with Crippen molar-refractivity contribution in [1.82, 2.24) is 20.3 Å². The van der Waals surface area contributed by atoms with Gasteiger partial charge in [-0.25, -0.2) is 0 Å². The average molecular weight is 277 g/mol. The van der Waals surface area contributed by atoms with E-state index in [9.17, 15) is 0 Å². The second kappa shape index (κ2) is 5.03. The zero-order chi connectivity index (χ0) is 13.2. The molecule has 3 heterocycles. The van der Waals surface area contributed by atoms with Crippen LogP contribution in [0.25, 0.3) is 11.0 Å². The van der Waals surface area contributed by atoms with Gasteiger partial charge in [0.25, 0.3) is 0 Å². The van der Waals surface area contributed by atoms with Crippen LogP contribution in [0.15, 0.2) is 6.20 Å². The standard InChI is InChI=1S/C12H13ClN6/c13-12-18-10-9(7(4-14)5-16-10)11(19-12)17-8-2-1-3-15-6-8/h5,8,15H,1-3,6H2,(H2,16,17,18,19). The van der Waals surface area contributed by atoms with Crippen molar-refractivity contribution in [2.75, 3.05) is 18.4 Å². The van der Waals surface area contributed by atoms with E-state index >= 15 is 0 Å². The lowest BCUT2D eigenvalue weighted by molar-refractivity contribution is 0.479. The molecule has 0 bridgehead atoms. The van der Waals surface area contributed by atoms with E-state index in [1.54, 1.807) is 6.20 Å². The molecule has 0 radical (unpaired) electrons. The van der Waals surface area contributed by atoms with E-state index in [4.69, 9.17) is 16.9 Å². The summed E-state index contributed by atoms with van der Waals surface area (Å²) in [7, 11) is 0. The molecule has 3 N–H and O–H groups in total. The summed E-state index contributed by atoms with van der Waals surface area (Å²) in [4.78, 5) is 11.3. The van der Waals surface area contributed by atoms with Gasteiger partial charge in [0.05, 0.1) is 10.9 Å². The molecule has 1 aliphatic rings. The predicted octanol–water partition coefficient (Wildman–Crippen LogP) is 1.65. The van der Waals surface area contributed by atoms with Gasteiger partial charge in [-0.05, 0) is 31.0 Å². The molecule has 2 aromatic rings. The molecule has 0 saturated carbocycles. The number of anilines is 1. The summed E-state index contributed by atoms with van der Waals surface area (Å²) in [5.41, 5.74) is 1.11. The number of hydrogen-bond acceptors (Lipinski definition) is 5. The van der Waals surface area contributed by atoms with Gasteiger partial charge in [0, 0.05) is 18.8 Å². The van der Waals surface area contributed by atoms with E-state index < -0.39 is 0 Å². The van der Waals surface area contributed by atoms with Crippen LogP contribution in [0, 0.1) is 11.3 Å². The maximum atomic E-state index is 9.13. The fraction of sp³-hybridized carbons (Fsp3) is 0.417. The third-order valence-corrected chi connectivity index (χ3v) is 3.43. The fourth-order valence-electron chi connectivity index (χ4n) is 2.37. The summed E-state index contributed by atoms with van der Waals surface area (Å²) in [6.45, 7) is 1.93. The van der Waals surface area contributed by atoms with Gasteiger partial charge in [-0.1, -0.05) is 0 Å². The lowest BCUT2D eigenvalue weighted by Gasteiger charge is -2.24. The van der Waals surface area contributed by atoms with Crippen molar-refractivity contribution in [3.63, 3.8) is 0 Å². The molecule has 19 heavy (non-hydrogen) atoms. The van der Waals surface area contributed by atoms with Crippen molar-refractivity contribution in [1.29, 1.82) is 5.26 Å². The number of halogens is 1. The molecule has 0 spiro atoms. The van der Waals surface area contributed by atoms with E-state index in [-0.39, 0.29) is 5.28 Å². The number of rotatable bonds is 2. The Morgan fingerprint density at radius 3 is 3.11 bits per heavy atom. The highest BCUT2D eigenvalue weighted by Crippen LogP contribution is 2.26. The largest absolute Gasteiger partial charge is 0.365 e. The molecule has 1 fully saturated rings. The van der Waals surface area contributed by atoms with Gasteiger partial charge in [0.1, 0.15) is 17.5 Å².